The first kappa shape index (κ1) is 12.5. The van der Waals surface area contributed by atoms with Crippen molar-refractivity contribution in [2.45, 2.75) is 13.0 Å². The molecule has 0 spiro atoms. The van der Waals surface area contributed by atoms with Gasteiger partial charge in [0.1, 0.15) is 0 Å². The van der Waals surface area contributed by atoms with Gasteiger partial charge in [0.2, 0.25) is 19.3 Å². The highest BCUT2D eigenvalue weighted by atomic mass is 16.7. The first-order chi connectivity index (χ1) is 11.8. The molecule has 0 amide bonds. The maximum Gasteiger partial charge on any atom is 0.231 e. The smallest absolute Gasteiger partial charge is 0.231 e. The number of ether oxygens (including phenoxy) is 4. The first-order valence-electron chi connectivity index (χ1n) is 8.05. The van der Waals surface area contributed by atoms with Crippen LogP contribution in [0.4, 0.5) is 0 Å². The van der Waals surface area contributed by atoms with E-state index in [1.165, 1.54) is 16.8 Å². The molecule has 118 valence electrons. The number of pyridine rings is 1. The van der Waals surface area contributed by atoms with Gasteiger partial charge >= 0.3 is 0 Å². The minimum Gasteiger partial charge on any atom is -0.454 e. The fraction of sp³-hybridized carbons (Fsp3) is 0.211. The van der Waals surface area contributed by atoms with Gasteiger partial charge in [0, 0.05) is 17.9 Å². The van der Waals surface area contributed by atoms with Crippen LogP contribution in [0.1, 0.15) is 5.56 Å². The molecule has 0 saturated heterocycles. The molecule has 5 nitrogen and oxygen atoms in total. The van der Waals surface area contributed by atoms with Crippen molar-refractivity contribution in [2.75, 3.05) is 13.6 Å². The van der Waals surface area contributed by atoms with E-state index < -0.39 is 0 Å². The Hall–Kier alpha value is -2.95. The van der Waals surface area contributed by atoms with Crippen LogP contribution in [0.25, 0.3) is 22.0 Å². The molecule has 0 unspecified atom stereocenters. The highest BCUT2D eigenvalue weighted by Crippen LogP contribution is 2.41. The molecule has 0 bridgehead atoms. The van der Waals surface area contributed by atoms with Crippen molar-refractivity contribution < 1.29 is 23.5 Å². The molecule has 3 aliphatic heterocycles. The lowest BCUT2D eigenvalue weighted by atomic mass is 9.95. The van der Waals surface area contributed by atoms with E-state index >= 15 is 0 Å². The van der Waals surface area contributed by atoms with Crippen molar-refractivity contribution in [3.8, 4) is 34.3 Å². The fourth-order valence-electron chi connectivity index (χ4n) is 3.77. The molecule has 2 aromatic carbocycles. The largest absolute Gasteiger partial charge is 0.454 e. The lowest BCUT2D eigenvalue weighted by Crippen LogP contribution is -2.39. The molecular formula is C19H14NO4+. The molecule has 0 radical (unpaired) electrons. The lowest BCUT2D eigenvalue weighted by Gasteiger charge is -2.16. The van der Waals surface area contributed by atoms with Crippen LogP contribution in [-0.4, -0.2) is 13.6 Å². The number of fused-ring (bicyclic) bond motifs is 6. The van der Waals surface area contributed by atoms with Crippen molar-refractivity contribution >= 4 is 10.8 Å². The van der Waals surface area contributed by atoms with Crippen LogP contribution < -0.4 is 23.5 Å². The summed E-state index contributed by atoms with van der Waals surface area (Å²) in [6, 6.07) is 10.5. The van der Waals surface area contributed by atoms with Gasteiger partial charge in [0.15, 0.2) is 35.7 Å². The van der Waals surface area contributed by atoms with Gasteiger partial charge in [-0.2, -0.15) is 4.57 Å². The summed E-state index contributed by atoms with van der Waals surface area (Å²) in [4.78, 5) is 0. The summed E-state index contributed by atoms with van der Waals surface area (Å²) in [7, 11) is 0. The van der Waals surface area contributed by atoms with Gasteiger partial charge in [-0.3, -0.25) is 0 Å². The second-order valence-electron chi connectivity index (χ2n) is 6.30. The summed E-state index contributed by atoms with van der Waals surface area (Å²) >= 11 is 0. The normalized spacial score (nSPS) is 16.2. The van der Waals surface area contributed by atoms with E-state index in [0.29, 0.717) is 13.6 Å². The zero-order valence-corrected chi connectivity index (χ0v) is 12.9. The number of aryl methyl sites for hydroxylation is 2. The van der Waals surface area contributed by atoms with Crippen LogP contribution in [0, 0.1) is 0 Å². The molecule has 0 atom stereocenters. The van der Waals surface area contributed by atoms with E-state index in [9.17, 15) is 0 Å². The highest BCUT2D eigenvalue weighted by Gasteiger charge is 2.28. The van der Waals surface area contributed by atoms with Crippen molar-refractivity contribution in [3.05, 3.63) is 42.1 Å². The van der Waals surface area contributed by atoms with E-state index in [1.54, 1.807) is 0 Å². The summed E-state index contributed by atoms with van der Waals surface area (Å²) in [5.74, 6) is 3.32. The topological polar surface area (TPSA) is 40.8 Å². The Bertz CT molecular complexity index is 1030. The summed E-state index contributed by atoms with van der Waals surface area (Å²) in [6.07, 6.45) is 3.18. The second-order valence-corrected chi connectivity index (χ2v) is 6.30. The van der Waals surface area contributed by atoms with E-state index in [0.717, 1.165) is 46.7 Å². The van der Waals surface area contributed by atoms with Gasteiger partial charge in [-0.25, -0.2) is 0 Å². The Labute approximate surface area is 137 Å². The monoisotopic (exact) mass is 320 g/mol. The molecule has 5 heteroatoms. The standard InChI is InChI=1S/C19H14NO4/c1-2-20-8-13-6-18-17(22-9-23-18)5-12(13)3-15(20)14-7-19-16(4-11(1)14)21-10-24-19/h3-8H,1-2,9-10H2/q+1. The van der Waals surface area contributed by atoms with Gasteiger partial charge in [-0.15, -0.1) is 0 Å². The third kappa shape index (κ3) is 1.61. The molecule has 6 rings (SSSR count). The quantitative estimate of drug-likeness (QED) is 0.597. The van der Waals surface area contributed by atoms with Crippen LogP contribution >= 0.6 is 0 Å². The van der Waals surface area contributed by atoms with E-state index in [4.69, 9.17) is 18.9 Å². The number of aromatic nitrogens is 1. The van der Waals surface area contributed by atoms with Crippen molar-refractivity contribution in [3.63, 3.8) is 0 Å². The maximum atomic E-state index is 5.56. The number of rotatable bonds is 0. The molecule has 4 heterocycles. The average Bonchev–Trinajstić information content (AvgIpc) is 3.24. The molecule has 3 aromatic rings. The van der Waals surface area contributed by atoms with E-state index in [2.05, 4.69) is 41.1 Å². The molecule has 0 aliphatic carbocycles. The molecular weight excluding hydrogens is 306 g/mol. The van der Waals surface area contributed by atoms with E-state index in [-0.39, 0.29) is 0 Å². The maximum absolute atomic E-state index is 5.56. The van der Waals surface area contributed by atoms with Crippen molar-refractivity contribution in [1.29, 1.82) is 0 Å². The molecule has 0 fully saturated rings. The van der Waals surface area contributed by atoms with Crippen LogP contribution in [0.15, 0.2) is 36.5 Å². The minimum absolute atomic E-state index is 0.296. The number of hydrogen-bond donors (Lipinski definition) is 0. The predicted molar refractivity (Wildman–Crippen MR) is 85.5 cm³/mol. The minimum atomic E-state index is 0.296. The molecule has 0 saturated carbocycles. The molecule has 24 heavy (non-hydrogen) atoms. The summed E-state index contributed by atoms with van der Waals surface area (Å²) in [5, 5.41) is 2.31. The molecule has 3 aliphatic rings. The number of benzene rings is 2. The number of hydrogen-bond acceptors (Lipinski definition) is 4. The first-order valence-corrected chi connectivity index (χ1v) is 8.05. The van der Waals surface area contributed by atoms with Gasteiger partial charge < -0.3 is 18.9 Å². The second kappa shape index (κ2) is 4.32. The van der Waals surface area contributed by atoms with Crippen LogP contribution in [0.2, 0.25) is 0 Å². The van der Waals surface area contributed by atoms with Crippen LogP contribution in [0.3, 0.4) is 0 Å². The summed E-state index contributed by atoms with van der Waals surface area (Å²) in [6.45, 7) is 1.55. The Balaban J connectivity index is 1.60. The van der Waals surface area contributed by atoms with Crippen molar-refractivity contribution in [2.24, 2.45) is 0 Å². The zero-order valence-electron chi connectivity index (χ0n) is 12.9. The zero-order chi connectivity index (χ0) is 15.7. The van der Waals surface area contributed by atoms with Crippen LogP contribution in [0.5, 0.6) is 23.0 Å². The predicted octanol–water partition coefficient (Wildman–Crippen LogP) is 2.81. The lowest BCUT2D eigenvalue weighted by molar-refractivity contribution is -0.686. The Kier molecular flexibility index (Phi) is 2.24. The molecule has 1 aromatic heterocycles. The third-order valence-corrected chi connectivity index (χ3v) is 4.97. The third-order valence-electron chi connectivity index (χ3n) is 4.97. The van der Waals surface area contributed by atoms with Gasteiger partial charge in [-0.05, 0) is 35.2 Å². The Morgan fingerprint density at radius 1 is 0.708 bits per heavy atom. The Morgan fingerprint density at radius 3 is 2.17 bits per heavy atom. The summed E-state index contributed by atoms with van der Waals surface area (Å²) in [5.41, 5.74) is 3.71. The van der Waals surface area contributed by atoms with Crippen LogP contribution in [-0.2, 0) is 13.0 Å². The van der Waals surface area contributed by atoms with Gasteiger partial charge in [0.05, 0.1) is 5.56 Å². The highest BCUT2D eigenvalue weighted by molar-refractivity contribution is 5.88. The SMILES string of the molecule is c1c2c(cc3c1OCO3)-c1cc3cc4c(cc3c[n+]1CC2)OCO4. The van der Waals surface area contributed by atoms with Gasteiger partial charge in [-0.1, -0.05) is 0 Å². The fourth-order valence-corrected chi connectivity index (χ4v) is 3.77. The average molecular weight is 320 g/mol. The summed E-state index contributed by atoms with van der Waals surface area (Å²) < 4.78 is 24.4. The number of nitrogens with zero attached hydrogens (tertiary/aromatic N) is 1. The Morgan fingerprint density at radius 2 is 1.38 bits per heavy atom. The molecule has 0 N–H and O–H groups in total. The van der Waals surface area contributed by atoms with E-state index in [1.807, 2.05) is 0 Å². The van der Waals surface area contributed by atoms with Crippen molar-refractivity contribution in [1.82, 2.24) is 0 Å². The van der Waals surface area contributed by atoms with Gasteiger partial charge in [0.25, 0.3) is 0 Å².